The largest absolute Gasteiger partial charge is 0.361 e. The van der Waals surface area contributed by atoms with Crippen molar-refractivity contribution in [2.45, 2.75) is 26.3 Å². The summed E-state index contributed by atoms with van der Waals surface area (Å²) in [4.78, 5) is 17.7. The van der Waals surface area contributed by atoms with Crippen molar-refractivity contribution in [1.82, 2.24) is 15.2 Å². The number of H-pyrrole nitrogens is 1. The second kappa shape index (κ2) is 6.76. The lowest BCUT2D eigenvalue weighted by molar-refractivity contribution is 0.0940. The monoisotopic (exact) mass is 287 g/mol. The maximum Gasteiger partial charge on any atom is 0.253 e. The molecule has 1 amide bonds. The molecule has 0 aliphatic heterocycles. The summed E-state index contributed by atoms with van der Waals surface area (Å²) in [5, 5.41) is 4.13. The predicted octanol–water partition coefficient (Wildman–Crippen LogP) is 2.87. The molecule has 2 rings (SSSR count). The van der Waals surface area contributed by atoms with Crippen molar-refractivity contribution in [3.63, 3.8) is 0 Å². The number of benzene rings is 1. The standard InChI is InChI=1S/C17H25N3O/c1-12(2)10-14(20(3)4)11-19-17(21)15-7-5-6-13-8-9-18-16(13)15/h5-9,12,14,18H,10-11H2,1-4H3,(H,19,21). The molecule has 0 spiro atoms. The van der Waals surface area contributed by atoms with Crippen molar-refractivity contribution in [2.75, 3.05) is 20.6 Å². The van der Waals surface area contributed by atoms with Gasteiger partial charge in [0.2, 0.25) is 0 Å². The third kappa shape index (κ3) is 3.85. The molecular formula is C17H25N3O. The molecule has 1 atom stereocenters. The lowest BCUT2D eigenvalue weighted by Gasteiger charge is -2.26. The van der Waals surface area contributed by atoms with Crippen LogP contribution in [-0.4, -0.2) is 42.5 Å². The molecule has 2 aromatic rings. The Balaban J connectivity index is 2.05. The first-order valence-electron chi connectivity index (χ1n) is 7.49. The number of carbonyl (C=O) groups is 1. The number of fused-ring (bicyclic) bond motifs is 1. The topological polar surface area (TPSA) is 48.1 Å². The zero-order valence-corrected chi connectivity index (χ0v) is 13.3. The van der Waals surface area contributed by atoms with E-state index in [9.17, 15) is 4.79 Å². The van der Waals surface area contributed by atoms with Gasteiger partial charge < -0.3 is 15.2 Å². The summed E-state index contributed by atoms with van der Waals surface area (Å²) in [6.07, 6.45) is 2.93. The molecule has 1 heterocycles. The smallest absolute Gasteiger partial charge is 0.253 e. The molecule has 4 nitrogen and oxygen atoms in total. The summed E-state index contributed by atoms with van der Waals surface area (Å²) in [6.45, 7) is 5.08. The first kappa shape index (κ1) is 15.6. The van der Waals surface area contributed by atoms with Gasteiger partial charge in [-0.25, -0.2) is 0 Å². The Hall–Kier alpha value is -1.81. The van der Waals surface area contributed by atoms with Crippen LogP contribution in [0.1, 0.15) is 30.6 Å². The highest BCUT2D eigenvalue weighted by atomic mass is 16.1. The minimum atomic E-state index is -0.0151. The SMILES string of the molecule is CC(C)CC(CNC(=O)c1cccc2cc[nH]c12)N(C)C. The van der Waals surface area contributed by atoms with Crippen molar-refractivity contribution >= 4 is 16.8 Å². The van der Waals surface area contributed by atoms with Gasteiger partial charge in [-0.3, -0.25) is 4.79 Å². The lowest BCUT2D eigenvalue weighted by Crippen LogP contribution is -2.41. The van der Waals surface area contributed by atoms with E-state index < -0.39 is 0 Å². The van der Waals surface area contributed by atoms with Gasteiger partial charge in [0.15, 0.2) is 0 Å². The van der Waals surface area contributed by atoms with Crippen LogP contribution in [0.5, 0.6) is 0 Å². The van der Waals surface area contributed by atoms with Gasteiger partial charge in [-0.05, 0) is 38.6 Å². The van der Waals surface area contributed by atoms with E-state index in [4.69, 9.17) is 0 Å². The molecule has 0 fully saturated rings. The van der Waals surface area contributed by atoms with Crippen LogP contribution < -0.4 is 5.32 Å². The van der Waals surface area contributed by atoms with Crippen LogP contribution in [0.25, 0.3) is 10.9 Å². The number of likely N-dealkylation sites (N-methyl/N-ethyl adjacent to an activating group) is 1. The number of carbonyl (C=O) groups excluding carboxylic acids is 1. The molecule has 1 aromatic heterocycles. The summed E-state index contributed by atoms with van der Waals surface area (Å²) in [6, 6.07) is 8.12. The van der Waals surface area contributed by atoms with Crippen molar-refractivity contribution in [2.24, 2.45) is 5.92 Å². The number of nitrogens with one attached hydrogen (secondary N) is 2. The normalized spacial score (nSPS) is 13.0. The Morgan fingerprint density at radius 1 is 1.29 bits per heavy atom. The molecule has 1 aromatic carbocycles. The quantitative estimate of drug-likeness (QED) is 0.858. The average Bonchev–Trinajstić information content (AvgIpc) is 2.90. The molecule has 114 valence electrons. The number of para-hydroxylation sites is 1. The second-order valence-corrected chi connectivity index (χ2v) is 6.20. The molecular weight excluding hydrogens is 262 g/mol. The van der Waals surface area contributed by atoms with Crippen molar-refractivity contribution in [3.05, 3.63) is 36.0 Å². The molecule has 2 N–H and O–H groups in total. The van der Waals surface area contributed by atoms with Gasteiger partial charge in [0.25, 0.3) is 5.91 Å². The summed E-state index contributed by atoms with van der Waals surface area (Å²) in [7, 11) is 4.12. The van der Waals surface area contributed by atoms with Gasteiger partial charge in [0.05, 0.1) is 11.1 Å². The predicted molar refractivity (Wildman–Crippen MR) is 87.6 cm³/mol. The zero-order valence-electron chi connectivity index (χ0n) is 13.3. The van der Waals surface area contributed by atoms with E-state index in [2.05, 4.69) is 43.1 Å². The van der Waals surface area contributed by atoms with Crippen LogP contribution in [-0.2, 0) is 0 Å². The second-order valence-electron chi connectivity index (χ2n) is 6.20. The van der Waals surface area contributed by atoms with Gasteiger partial charge in [-0.1, -0.05) is 26.0 Å². The Morgan fingerprint density at radius 2 is 2.05 bits per heavy atom. The van der Waals surface area contributed by atoms with Gasteiger partial charge in [-0.2, -0.15) is 0 Å². The third-order valence-corrected chi connectivity index (χ3v) is 3.80. The summed E-state index contributed by atoms with van der Waals surface area (Å²) in [5.74, 6) is 0.597. The van der Waals surface area contributed by atoms with Gasteiger partial charge >= 0.3 is 0 Å². The average molecular weight is 287 g/mol. The zero-order chi connectivity index (χ0) is 15.4. The number of hydrogen-bond donors (Lipinski definition) is 2. The fourth-order valence-electron chi connectivity index (χ4n) is 2.60. The number of rotatable bonds is 6. The van der Waals surface area contributed by atoms with Crippen LogP contribution in [0, 0.1) is 5.92 Å². The van der Waals surface area contributed by atoms with E-state index in [0.717, 1.165) is 17.3 Å². The third-order valence-electron chi connectivity index (χ3n) is 3.80. The van der Waals surface area contributed by atoms with Crippen molar-refractivity contribution in [1.29, 1.82) is 0 Å². The first-order chi connectivity index (χ1) is 9.99. The molecule has 0 saturated carbocycles. The Kier molecular flexibility index (Phi) is 5.02. The highest BCUT2D eigenvalue weighted by Crippen LogP contribution is 2.17. The summed E-state index contributed by atoms with van der Waals surface area (Å²) in [5.41, 5.74) is 1.61. The first-order valence-corrected chi connectivity index (χ1v) is 7.49. The van der Waals surface area contributed by atoms with Gasteiger partial charge in [0.1, 0.15) is 0 Å². The highest BCUT2D eigenvalue weighted by molar-refractivity contribution is 6.05. The number of nitrogens with zero attached hydrogens (tertiary/aromatic N) is 1. The van der Waals surface area contributed by atoms with Crippen LogP contribution in [0.3, 0.4) is 0 Å². The van der Waals surface area contributed by atoms with Crippen molar-refractivity contribution < 1.29 is 4.79 Å². The molecule has 0 saturated heterocycles. The van der Waals surface area contributed by atoms with Crippen molar-refractivity contribution in [3.8, 4) is 0 Å². The number of aromatic nitrogens is 1. The summed E-state index contributed by atoms with van der Waals surface area (Å²) < 4.78 is 0. The Morgan fingerprint density at radius 3 is 2.71 bits per heavy atom. The van der Waals surface area contributed by atoms with E-state index in [1.54, 1.807) is 0 Å². The molecule has 0 aliphatic carbocycles. The Bertz CT molecular complexity index is 601. The minimum absolute atomic E-state index is 0.0151. The fourth-order valence-corrected chi connectivity index (χ4v) is 2.60. The van der Waals surface area contributed by atoms with Gasteiger partial charge in [0, 0.05) is 24.2 Å². The van der Waals surface area contributed by atoms with Crippen LogP contribution in [0.2, 0.25) is 0 Å². The van der Waals surface area contributed by atoms with E-state index in [1.165, 1.54) is 0 Å². The molecule has 0 bridgehead atoms. The van der Waals surface area contributed by atoms with E-state index in [1.807, 2.05) is 30.5 Å². The lowest BCUT2D eigenvalue weighted by atomic mass is 10.0. The molecule has 1 unspecified atom stereocenters. The fraction of sp³-hybridized carbons (Fsp3) is 0.471. The van der Waals surface area contributed by atoms with E-state index >= 15 is 0 Å². The highest BCUT2D eigenvalue weighted by Gasteiger charge is 2.16. The maximum absolute atomic E-state index is 12.4. The molecule has 21 heavy (non-hydrogen) atoms. The van der Waals surface area contributed by atoms with E-state index in [-0.39, 0.29) is 5.91 Å². The number of amides is 1. The summed E-state index contributed by atoms with van der Waals surface area (Å²) >= 11 is 0. The Labute approximate surface area is 126 Å². The van der Waals surface area contributed by atoms with Gasteiger partial charge in [-0.15, -0.1) is 0 Å². The van der Waals surface area contributed by atoms with E-state index in [0.29, 0.717) is 24.1 Å². The minimum Gasteiger partial charge on any atom is -0.361 e. The molecule has 0 aliphatic rings. The van der Waals surface area contributed by atoms with Crippen LogP contribution in [0.15, 0.2) is 30.5 Å². The van der Waals surface area contributed by atoms with Crippen LogP contribution >= 0.6 is 0 Å². The molecule has 0 radical (unpaired) electrons. The maximum atomic E-state index is 12.4. The molecule has 4 heteroatoms. The number of aromatic amines is 1. The number of hydrogen-bond acceptors (Lipinski definition) is 2. The van der Waals surface area contributed by atoms with Crippen LogP contribution in [0.4, 0.5) is 0 Å².